The first-order valence-corrected chi connectivity index (χ1v) is 9.38. The number of carbonyl (C=O) groups is 2. The topological polar surface area (TPSA) is 101 Å². The predicted octanol–water partition coefficient (Wildman–Crippen LogP) is 1.15. The first-order valence-electron chi connectivity index (χ1n) is 9.38. The number of aromatic amines is 1. The molecule has 8 heteroatoms. The number of nitrogens with zero attached hydrogens (tertiary/aromatic N) is 2. The molecule has 3 atom stereocenters. The van der Waals surface area contributed by atoms with Crippen molar-refractivity contribution in [1.82, 2.24) is 25.4 Å². The van der Waals surface area contributed by atoms with Crippen molar-refractivity contribution in [2.24, 2.45) is 11.8 Å². The molecule has 2 aliphatic rings. The van der Waals surface area contributed by atoms with Crippen molar-refractivity contribution in [1.29, 1.82) is 0 Å². The minimum Gasteiger partial charge on any atom is -0.381 e. The van der Waals surface area contributed by atoms with Crippen LogP contribution in [0.4, 0.5) is 0 Å². The number of fused-ring (bicyclic) bond motifs is 2. The molecule has 3 heterocycles. The van der Waals surface area contributed by atoms with Gasteiger partial charge in [-0.05, 0) is 29.1 Å². The van der Waals surface area contributed by atoms with Gasteiger partial charge < -0.3 is 20.4 Å². The van der Waals surface area contributed by atoms with Gasteiger partial charge in [0.25, 0.3) is 11.8 Å². The molecule has 0 radical (unpaired) electrons. The molecule has 1 aromatic carbocycles. The quantitative estimate of drug-likeness (QED) is 0.619. The standard InChI is InChI=1S/C20H21N5O3/c1-21-19(26)16-7-17(20(27)23-18-13-9-28-10-14(13)18)25(24-16)8-11-2-3-15-12(6-11)4-5-22-15/h2-7,13-14,18,22H,8-10H2,1H3,(H,21,26)(H,23,27)/t13-,14+,18+. The predicted molar refractivity (Wildman–Crippen MR) is 102 cm³/mol. The molecule has 1 aliphatic carbocycles. The second kappa shape index (κ2) is 6.49. The fourth-order valence-electron chi connectivity index (χ4n) is 4.01. The third-order valence-electron chi connectivity index (χ3n) is 5.67. The van der Waals surface area contributed by atoms with Crippen molar-refractivity contribution in [2.75, 3.05) is 20.3 Å². The van der Waals surface area contributed by atoms with Gasteiger partial charge in [-0.2, -0.15) is 5.10 Å². The van der Waals surface area contributed by atoms with E-state index in [-0.39, 0.29) is 23.6 Å². The summed E-state index contributed by atoms with van der Waals surface area (Å²) in [5.41, 5.74) is 2.67. The van der Waals surface area contributed by atoms with E-state index in [1.165, 1.54) is 0 Å². The molecule has 2 aromatic heterocycles. The maximum Gasteiger partial charge on any atom is 0.271 e. The van der Waals surface area contributed by atoms with Crippen LogP contribution in [-0.2, 0) is 11.3 Å². The van der Waals surface area contributed by atoms with Gasteiger partial charge in [0.2, 0.25) is 0 Å². The van der Waals surface area contributed by atoms with E-state index in [0.717, 1.165) is 16.5 Å². The smallest absolute Gasteiger partial charge is 0.271 e. The van der Waals surface area contributed by atoms with E-state index < -0.39 is 0 Å². The fraction of sp³-hybridized carbons (Fsp3) is 0.350. The maximum absolute atomic E-state index is 12.9. The minimum atomic E-state index is -0.314. The molecule has 1 saturated heterocycles. The molecule has 5 rings (SSSR count). The summed E-state index contributed by atoms with van der Waals surface area (Å²) in [6.07, 6.45) is 1.89. The Morgan fingerprint density at radius 2 is 2.04 bits per heavy atom. The number of carbonyl (C=O) groups excluding carboxylic acids is 2. The zero-order valence-corrected chi connectivity index (χ0v) is 15.4. The lowest BCUT2D eigenvalue weighted by Crippen LogP contribution is -2.31. The van der Waals surface area contributed by atoms with Crippen molar-refractivity contribution < 1.29 is 14.3 Å². The number of H-pyrrole nitrogens is 1. The Morgan fingerprint density at radius 1 is 1.21 bits per heavy atom. The summed E-state index contributed by atoms with van der Waals surface area (Å²) >= 11 is 0. The third-order valence-corrected chi connectivity index (χ3v) is 5.67. The highest BCUT2D eigenvalue weighted by Crippen LogP contribution is 2.44. The Morgan fingerprint density at radius 3 is 2.82 bits per heavy atom. The van der Waals surface area contributed by atoms with Gasteiger partial charge >= 0.3 is 0 Å². The lowest BCUT2D eigenvalue weighted by molar-refractivity contribution is 0.0917. The summed E-state index contributed by atoms with van der Waals surface area (Å²) in [5, 5.41) is 11.1. The molecule has 0 spiro atoms. The van der Waals surface area contributed by atoms with Crippen LogP contribution in [-0.4, -0.2) is 52.9 Å². The summed E-state index contributed by atoms with van der Waals surface area (Å²) < 4.78 is 6.98. The molecule has 1 saturated carbocycles. The molecule has 3 aromatic rings. The number of aromatic nitrogens is 3. The van der Waals surface area contributed by atoms with E-state index in [1.54, 1.807) is 17.8 Å². The Labute approximate surface area is 161 Å². The molecule has 2 amide bonds. The van der Waals surface area contributed by atoms with E-state index >= 15 is 0 Å². The maximum atomic E-state index is 12.9. The van der Waals surface area contributed by atoms with Crippen molar-refractivity contribution in [3.8, 4) is 0 Å². The van der Waals surface area contributed by atoms with E-state index in [0.29, 0.717) is 37.3 Å². The van der Waals surface area contributed by atoms with Gasteiger partial charge in [-0.25, -0.2) is 0 Å². The Bertz CT molecular complexity index is 1060. The van der Waals surface area contributed by atoms with Gasteiger partial charge in [-0.1, -0.05) is 6.07 Å². The molecule has 1 aliphatic heterocycles. The Kier molecular flexibility index (Phi) is 3.94. The van der Waals surface area contributed by atoms with Gasteiger partial charge in [-0.3, -0.25) is 14.3 Å². The van der Waals surface area contributed by atoms with Crippen LogP contribution in [0.3, 0.4) is 0 Å². The molecule has 8 nitrogen and oxygen atoms in total. The van der Waals surface area contributed by atoms with Crippen LogP contribution in [0.15, 0.2) is 36.5 Å². The zero-order chi connectivity index (χ0) is 19.3. The number of benzene rings is 1. The highest BCUT2D eigenvalue weighted by molar-refractivity contribution is 5.98. The van der Waals surface area contributed by atoms with Crippen molar-refractivity contribution >= 4 is 22.7 Å². The minimum absolute atomic E-state index is 0.157. The average molecular weight is 379 g/mol. The molecule has 0 bridgehead atoms. The van der Waals surface area contributed by atoms with Crippen LogP contribution < -0.4 is 10.6 Å². The molecule has 2 fully saturated rings. The van der Waals surface area contributed by atoms with Crippen LogP contribution in [0.2, 0.25) is 0 Å². The summed E-state index contributed by atoms with van der Waals surface area (Å²) in [5.74, 6) is 0.305. The number of hydrogen-bond acceptors (Lipinski definition) is 4. The lowest BCUT2D eigenvalue weighted by atomic mass is 10.1. The fourth-order valence-corrected chi connectivity index (χ4v) is 4.01. The monoisotopic (exact) mass is 379 g/mol. The highest BCUT2D eigenvalue weighted by Gasteiger charge is 2.54. The molecule has 144 valence electrons. The van der Waals surface area contributed by atoms with Gasteiger partial charge in [-0.15, -0.1) is 0 Å². The number of hydrogen-bond donors (Lipinski definition) is 3. The van der Waals surface area contributed by atoms with Crippen LogP contribution >= 0.6 is 0 Å². The van der Waals surface area contributed by atoms with E-state index in [4.69, 9.17) is 4.74 Å². The molecule has 3 N–H and O–H groups in total. The molecular formula is C20H21N5O3. The molecule has 28 heavy (non-hydrogen) atoms. The van der Waals surface area contributed by atoms with E-state index in [2.05, 4.69) is 26.8 Å². The van der Waals surface area contributed by atoms with Crippen LogP contribution in [0.1, 0.15) is 26.5 Å². The van der Waals surface area contributed by atoms with E-state index in [9.17, 15) is 9.59 Å². The molecular weight excluding hydrogens is 358 g/mol. The van der Waals surface area contributed by atoms with E-state index in [1.807, 2.05) is 24.4 Å². The lowest BCUT2D eigenvalue weighted by Gasteiger charge is -2.10. The Balaban J connectivity index is 1.42. The van der Waals surface area contributed by atoms with Gasteiger partial charge in [0.1, 0.15) is 5.69 Å². The van der Waals surface area contributed by atoms with Crippen LogP contribution in [0.25, 0.3) is 10.9 Å². The van der Waals surface area contributed by atoms with Crippen molar-refractivity contribution in [3.63, 3.8) is 0 Å². The number of rotatable bonds is 5. The molecule has 0 unspecified atom stereocenters. The van der Waals surface area contributed by atoms with Gasteiger partial charge in [0, 0.05) is 42.7 Å². The van der Waals surface area contributed by atoms with Crippen LogP contribution in [0.5, 0.6) is 0 Å². The second-order valence-electron chi connectivity index (χ2n) is 7.42. The average Bonchev–Trinajstić information content (AvgIpc) is 3.21. The SMILES string of the molecule is CNC(=O)c1cc(C(=O)N[C@H]2[C@@H]3COC[C@@H]32)n(Cc2ccc3[nH]ccc3c2)n1. The zero-order valence-electron chi connectivity index (χ0n) is 15.4. The van der Waals surface area contributed by atoms with Gasteiger partial charge in [0.15, 0.2) is 5.69 Å². The second-order valence-corrected chi connectivity index (χ2v) is 7.42. The summed E-state index contributed by atoms with van der Waals surface area (Å²) in [6, 6.07) is 9.75. The first-order chi connectivity index (χ1) is 13.6. The van der Waals surface area contributed by atoms with Crippen molar-refractivity contribution in [3.05, 3.63) is 53.5 Å². The third kappa shape index (κ3) is 2.86. The summed E-state index contributed by atoms with van der Waals surface area (Å²) in [6.45, 7) is 1.81. The van der Waals surface area contributed by atoms with Gasteiger partial charge in [0.05, 0.1) is 19.8 Å². The summed E-state index contributed by atoms with van der Waals surface area (Å²) in [4.78, 5) is 28.1. The first kappa shape index (κ1) is 17.0. The number of nitrogens with one attached hydrogen (secondary N) is 3. The highest BCUT2D eigenvalue weighted by atomic mass is 16.5. The number of ether oxygens (including phenoxy) is 1. The Hall–Kier alpha value is -3.13. The number of amides is 2. The normalized spacial score (nSPS) is 22.8. The largest absolute Gasteiger partial charge is 0.381 e. The summed E-state index contributed by atoms with van der Waals surface area (Å²) in [7, 11) is 1.55. The van der Waals surface area contributed by atoms with Crippen LogP contribution in [0, 0.1) is 11.8 Å². The van der Waals surface area contributed by atoms with Crippen molar-refractivity contribution in [2.45, 2.75) is 12.6 Å².